The highest BCUT2D eigenvalue weighted by Crippen LogP contribution is 2.33. The molecule has 0 aliphatic carbocycles. The molecule has 0 aliphatic heterocycles. The van der Waals surface area contributed by atoms with Crippen LogP contribution < -0.4 is 5.32 Å². The summed E-state index contributed by atoms with van der Waals surface area (Å²) in [6.07, 6.45) is 5.36. The zero-order valence-electron chi connectivity index (χ0n) is 19.0. The van der Waals surface area contributed by atoms with Crippen molar-refractivity contribution in [2.75, 3.05) is 6.54 Å². The van der Waals surface area contributed by atoms with Gasteiger partial charge in [-0.25, -0.2) is 9.37 Å². The molecule has 172 valence electrons. The molecule has 1 aromatic carbocycles. The first-order valence-corrected chi connectivity index (χ1v) is 11.4. The fourth-order valence-corrected chi connectivity index (χ4v) is 4.29. The maximum atomic E-state index is 14.5. The van der Waals surface area contributed by atoms with Gasteiger partial charge in [0.25, 0.3) is 0 Å². The zero-order valence-corrected chi connectivity index (χ0v) is 19.0. The van der Waals surface area contributed by atoms with Crippen molar-refractivity contribution >= 4 is 21.9 Å². The van der Waals surface area contributed by atoms with Crippen LogP contribution in [-0.2, 0) is 6.54 Å². The molecule has 0 bridgehead atoms. The van der Waals surface area contributed by atoms with E-state index in [0.717, 1.165) is 57.5 Å². The average molecular weight is 464 g/mol. The highest BCUT2D eigenvalue weighted by atomic mass is 19.1. The third-order valence-electron chi connectivity index (χ3n) is 6.01. The predicted molar refractivity (Wildman–Crippen MR) is 135 cm³/mol. The number of aromatic nitrogens is 6. The van der Waals surface area contributed by atoms with Gasteiger partial charge in [-0.2, -0.15) is 5.10 Å². The van der Waals surface area contributed by atoms with Gasteiger partial charge in [-0.3, -0.25) is 15.1 Å². The summed E-state index contributed by atoms with van der Waals surface area (Å²) in [5, 5.41) is 11.7. The number of H-pyrrole nitrogens is 2. The SMILES string of the molecule is CCNCc1cncc(-c2ccc3[nH]nc(-c4cc5c(-c6ccccc6F)nccc5[nH]4)c3n2)c1. The fraction of sp³-hybridized carbons (Fsp3) is 0.111. The van der Waals surface area contributed by atoms with E-state index in [-0.39, 0.29) is 5.82 Å². The second-order valence-corrected chi connectivity index (χ2v) is 8.31. The van der Waals surface area contributed by atoms with Crippen molar-refractivity contribution < 1.29 is 4.39 Å². The normalized spacial score (nSPS) is 11.5. The lowest BCUT2D eigenvalue weighted by Crippen LogP contribution is -2.11. The first-order chi connectivity index (χ1) is 17.2. The second kappa shape index (κ2) is 8.73. The Morgan fingerprint density at radius 3 is 2.77 bits per heavy atom. The minimum absolute atomic E-state index is 0.309. The van der Waals surface area contributed by atoms with Gasteiger partial charge >= 0.3 is 0 Å². The monoisotopic (exact) mass is 463 g/mol. The van der Waals surface area contributed by atoms with Crippen LogP contribution in [0.5, 0.6) is 0 Å². The number of aromatic amines is 2. The molecule has 6 aromatic rings. The Morgan fingerprint density at radius 1 is 0.971 bits per heavy atom. The summed E-state index contributed by atoms with van der Waals surface area (Å²) in [6.45, 7) is 3.72. The summed E-state index contributed by atoms with van der Waals surface area (Å²) >= 11 is 0. The molecule has 0 unspecified atom stereocenters. The quantitative estimate of drug-likeness (QED) is 0.304. The van der Waals surface area contributed by atoms with Gasteiger partial charge in [0.2, 0.25) is 0 Å². The summed E-state index contributed by atoms with van der Waals surface area (Å²) in [5.41, 5.74) is 7.78. The number of halogens is 1. The largest absolute Gasteiger partial charge is 0.353 e. The van der Waals surface area contributed by atoms with Crippen LogP contribution in [0.4, 0.5) is 4.39 Å². The molecule has 0 saturated carbocycles. The van der Waals surface area contributed by atoms with Crippen molar-refractivity contribution in [3.63, 3.8) is 0 Å². The molecule has 5 aromatic heterocycles. The van der Waals surface area contributed by atoms with Crippen LogP contribution in [0.1, 0.15) is 12.5 Å². The van der Waals surface area contributed by atoms with Crippen LogP contribution in [0.3, 0.4) is 0 Å². The lowest BCUT2D eigenvalue weighted by atomic mass is 10.1. The third kappa shape index (κ3) is 3.83. The molecule has 35 heavy (non-hydrogen) atoms. The molecular formula is C27H22FN7. The number of nitrogens with one attached hydrogen (secondary N) is 3. The average Bonchev–Trinajstić information content (AvgIpc) is 3.51. The van der Waals surface area contributed by atoms with E-state index in [9.17, 15) is 4.39 Å². The lowest BCUT2D eigenvalue weighted by molar-refractivity contribution is 0.631. The van der Waals surface area contributed by atoms with E-state index in [1.807, 2.05) is 36.7 Å². The molecule has 0 radical (unpaired) electrons. The van der Waals surface area contributed by atoms with Gasteiger partial charge in [0.15, 0.2) is 0 Å². The highest BCUT2D eigenvalue weighted by Gasteiger charge is 2.17. The van der Waals surface area contributed by atoms with E-state index in [2.05, 4.69) is 43.5 Å². The Hall–Kier alpha value is -4.43. The number of rotatable bonds is 6. The van der Waals surface area contributed by atoms with Crippen LogP contribution >= 0.6 is 0 Å². The van der Waals surface area contributed by atoms with E-state index < -0.39 is 0 Å². The Morgan fingerprint density at radius 2 is 1.89 bits per heavy atom. The zero-order chi connectivity index (χ0) is 23.8. The van der Waals surface area contributed by atoms with Crippen LogP contribution in [-0.4, -0.2) is 36.7 Å². The molecule has 0 amide bonds. The summed E-state index contributed by atoms with van der Waals surface area (Å²) < 4.78 is 14.5. The van der Waals surface area contributed by atoms with Gasteiger partial charge in [0.05, 0.1) is 22.6 Å². The van der Waals surface area contributed by atoms with Crippen LogP contribution in [0, 0.1) is 5.82 Å². The van der Waals surface area contributed by atoms with Gasteiger partial charge < -0.3 is 10.3 Å². The van der Waals surface area contributed by atoms with Crippen molar-refractivity contribution in [3.05, 3.63) is 84.6 Å². The maximum Gasteiger partial charge on any atom is 0.135 e. The molecule has 0 spiro atoms. The molecule has 0 fully saturated rings. The van der Waals surface area contributed by atoms with Crippen molar-refractivity contribution in [2.24, 2.45) is 0 Å². The van der Waals surface area contributed by atoms with E-state index >= 15 is 0 Å². The van der Waals surface area contributed by atoms with Crippen LogP contribution in [0.25, 0.3) is 55.8 Å². The number of benzene rings is 1. The summed E-state index contributed by atoms with van der Waals surface area (Å²) in [7, 11) is 0. The molecule has 5 heterocycles. The maximum absolute atomic E-state index is 14.5. The molecule has 0 atom stereocenters. The number of hydrogen-bond donors (Lipinski definition) is 3. The number of hydrogen-bond acceptors (Lipinski definition) is 5. The number of pyridine rings is 3. The second-order valence-electron chi connectivity index (χ2n) is 8.31. The molecule has 0 saturated heterocycles. The minimum Gasteiger partial charge on any atom is -0.353 e. The summed E-state index contributed by atoms with van der Waals surface area (Å²) in [5.74, 6) is -0.309. The van der Waals surface area contributed by atoms with E-state index in [4.69, 9.17) is 4.98 Å². The summed E-state index contributed by atoms with van der Waals surface area (Å²) in [4.78, 5) is 17.2. The third-order valence-corrected chi connectivity index (χ3v) is 6.01. The molecule has 8 heteroatoms. The molecular weight excluding hydrogens is 441 g/mol. The van der Waals surface area contributed by atoms with Crippen LogP contribution in [0.15, 0.2) is 73.2 Å². The van der Waals surface area contributed by atoms with E-state index in [1.165, 1.54) is 6.07 Å². The van der Waals surface area contributed by atoms with Crippen LogP contribution in [0.2, 0.25) is 0 Å². The predicted octanol–water partition coefficient (Wildman–Crippen LogP) is 5.48. The Kier molecular flexibility index (Phi) is 5.27. The van der Waals surface area contributed by atoms with E-state index in [1.54, 1.807) is 24.4 Å². The summed E-state index contributed by atoms with van der Waals surface area (Å²) in [6, 6.07) is 16.5. The standard InChI is InChI=1S/C27H22FN7/c1-2-29-13-16-11-17(15-30-14-16)21-7-8-23-26(33-21)27(35-34-23)24-12-19-22(32-24)9-10-31-25(19)18-5-3-4-6-20(18)28/h3-12,14-15,29,32H,2,13H2,1H3,(H,34,35). The molecule has 7 nitrogen and oxygen atoms in total. The first kappa shape index (κ1) is 21.1. The van der Waals surface area contributed by atoms with Crippen molar-refractivity contribution in [3.8, 4) is 33.9 Å². The van der Waals surface area contributed by atoms with Crippen molar-refractivity contribution in [1.29, 1.82) is 0 Å². The Bertz CT molecular complexity index is 1670. The van der Waals surface area contributed by atoms with Gasteiger partial charge in [0.1, 0.15) is 17.0 Å². The van der Waals surface area contributed by atoms with Gasteiger partial charge in [-0.1, -0.05) is 19.1 Å². The Labute approximate surface area is 200 Å². The van der Waals surface area contributed by atoms with E-state index in [0.29, 0.717) is 17.0 Å². The van der Waals surface area contributed by atoms with Crippen molar-refractivity contribution in [1.82, 2.24) is 35.5 Å². The van der Waals surface area contributed by atoms with Gasteiger partial charge in [-0.15, -0.1) is 0 Å². The topological polar surface area (TPSA) is 95.2 Å². The minimum atomic E-state index is -0.309. The molecule has 0 aliphatic rings. The number of fused-ring (bicyclic) bond motifs is 2. The highest BCUT2D eigenvalue weighted by molar-refractivity contribution is 5.99. The Balaban J connectivity index is 1.45. The fourth-order valence-electron chi connectivity index (χ4n) is 4.29. The van der Waals surface area contributed by atoms with Gasteiger partial charge in [0, 0.05) is 47.2 Å². The van der Waals surface area contributed by atoms with Gasteiger partial charge in [-0.05, 0) is 54.6 Å². The molecule has 6 rings (SSSR count). The first-order valence-electron chi connectivity index (χ1n) is 11.4. The molecule has 3 N–H and O–H groups in total. The number of nitrogens with zero attached hydrogens (tertiary/aromatic N) is 4. The lowest BCUT2D eigenvalue weighted by Gasteiger charge is -2.05. The smallest absolute Gasteiger partial charge is 0.135 e. The van der Waals surface area contributed by atoms with Crippen molar-refractivity contribution in [2.45, 2.75) is 13.5 Å².